The highest BCUT2D eigenvalue weighted by atomic mass is 16.5. The van der Waals surface area contributed by atoms with Crippen molar-refractivity contribution in [3.05, 3.63) is 36.4 Å². The molecule has 1 rings (SSSR count). The van der Waals surface area contributed by atoms with Crippen LogP contribution in [0.5, 0.6) is 5.75 Å². The van der Waals surface area contributed by atoms with Gasteiger partial charge in [-0.2, -0.15) is 0 Å². The number of rotatable bonds is 4. The zero-order chi connectivity index (χ0) is 12.1. The Morgan fingerprint density at radius 3 is 2.88 bits per heavy atom. The van der Waals surface area contributed by atoms with Gasteiger partial charge in [0, 0.05) is 11.7 Å². The molecule has 4 heteroatoms. The van der Waals surface area contributed by atoms with E-state index in [4.69, 9.17) is 10.5 Å². The number of hydrogen-bond donors (Lipinski definition) is 2. The monoisotopic (exact) mass is 220 g/mol. The molecule has 16 heavy (non-hydrogen) atoms. The molecule has 1 amide bonds. The van der Waals surface area contributed by atoms with Crippen molar-refractivity contribution < 1.29 is 9.53 Å². The molecular weight excluding hydrogens is 204 g/mol. The topological polar surface area (TPSA) is 64.4 Å². The van der Waals surface area contributed by atoms with Gasteiger partial charge in [0.2, 0.25) is 0 Å². The standard InChI is InChI=1S/C12H16N2O2/c1-4-8(2)14-12(15)10-7-9(13)5-6-11(10)16-3/h4-8H,1,13H2,2-3H3,(H,14,15). The Morgan fingerprint density at radius 1 is 1.62 bits per heavy atom. The molecule has 0 fully saturated rings. The molecule has 3 N–H and O–H groups in total. The molecule has 1 atom stereocenters. The predicted molar refractivity (Wildman–Crippen MR) is 64.5 cm³/mol. The van der Waals surface area contributed by atoms with Crippen LogP contribution in [0, 0.1) is 0 Å². The molecular formula is C12H16N2O2. The first-order valence-electron chi connectivity index (χ1n) is 4.95. The van der Waals surface area contributed by atoms with Crippen molar-refractivity contribution in [3.8, 4) is 5.75 Å². The van der Waals surface area contributed by atoms with Crippen LogP contribution in [0.1, 0.15) is 17.3 Å². The second-order valence-electron chi connectivity index (χ2n) is 3.46. The molecule has 0 saturated heterocycles. The van der Waals surface area contributed by atoms with Crippen molar-refractivity contribution >= 4 is 11.6 Å². The maximum atomic E-state index is 11.9. The lowest BCUT2D eigenvalue weighted by atomic mass is 10.1. The number of methoxy groups -OCH3 is 1. The normalized spacial score (nSPS) is 11.6. The van der Waals surface area contributed by atoms with Gasteiger partial charge in [-0.05, 0) is 25.1 Å². The maximum absolute atomic E-state index is 11.9. The van der Waals surface area contributed by atoms with Gasteiger partial charge in [0.25, 0.3) is 5.91 Å². The Morgan fingerprint density at radius 2 is 2.31 bits per heavy atom. The van der Waals surface area contributed by atoms with E-state index >= 15 is 0 Å². The van der Waals surface area contributed by atoms with Crippen molar-refractivity contribution in [2.45, 2.75) is 13.0 Å². The Balaban J connectivity index is 2.97. The van der Waals surface area contributed by atoms with Crippen molar-refractivity contribution in [2.75, 3.05) is 12.8 Å². The fraction of sp³-hybridized carbons (Fsp3) is 0.250. The average molecular weight is 220 g/mol. The summed E-state index contributed by atoms with van der Waals surface area (Å²) in [4.78, 5) is 11.9. The molecule has 0 saturated carbocycles. The Hall–Kier alpha value is -1.97. The number of anilines is 1. The van der Waals surface area contributed by atoms with Gasteiger partial charge in [-0.3, -0.25) is 4.79 Å². The minimum Gasteiger partial charge on any atom is -0.496 e. The van der Waals surface area contributed by atoms with Crippen molar-refractivity contribution in [3.63, 3.8) is 0 Å². The lowest BCUT2D eigenvalue weighted by Gasteiger charge is -2.12. The lowest BCUT2D eigenvalue weighted by molar-refractivity contribution is 0.0944. The van der Waals surface area contributed by atoms with E-state index < -0.39 is 0 Å². The summed E-state index contributed by atoms with van der Waals surface area (Å²) in [7, 11) is 1.51. The van der Waals surface area contributed by atoms with Crippen LogP contribution < -0.4 is 15.8 Å². The van der Waals surface area contributed by atoms with Crippen LogP contribution in [0.25, 0.3) is 0 Å². The van der Waals surface area contributed by atoms with Gasteiger partial charge >= 0.3 is 0 Å². The van der Waals surface area contributed by atoms with Crippen molar-refractivity contribution in [1.29, 1.82) is 0 Å². The first-order chi connectivity index (χ1) is 7.58. The number of carbonyl (C=O) groups is 1. The summed E-state index contributed by atoms with van der Waals surface area (Å²) in [6.07, 6.45) is 1.65. The summed E-state index contributed by atoms with van der Waals surface area (Å²) >= 11 is 0. The second kappa shape index (κ2) is 5.21. The third-order valence-electron chi connectivity index (χ3n) is 2.18. The molecule has 0 bridgehead atoms. The van der Waals surface area contributed by atoms with E-state index in [2.05, 4.69) is 11.9 Å². The quantitative estimate of drug-likeness (QED) is 0.598. The summed E-state index contributed by atoms with van der Waals surface area (Å²) in [5.74, 6) is 0.277. The van der Waals surface area contributed by atoms with Crippen LogP contribution in [-0.2, 0) is 0 Å². The van der Waals surface area contributed by atoms with Crippen LogP contribution in [0.2, 0.25) is 0 Å². The van der Waals surface area contributed by atoms with Crippen LogP contribution in [0.4, 0.5) is 5.69 Å². The van der Waals surface area contributed by atoms with Crippen LogP contribution in [-0.4, -0.2) is 19.1 Å². The fourth-order valence-electron chi connectivity index (χ4n) is 1.25. The molecule has 0 aromatic heterocycles. The van der Waals surface area contributed by atoms with Crippen LogP contribution >= 0.6 is 0 Å². The van der Waals surface area contributed by atoms with Gasteiger partial charge in [0.1, 0.15) is 5.75 Å². The maximum Gasteiger partial charge on any atom is 0.255 e. The zero-order valence-electron chi connectivity index (χ0n) is 9.49. The first kappa shape index (κ1) is 12.1. The molecule has 0 heterocycles. The fourth-order valence-corrected chi connectivity index (χ4v) is 1.25. The van der Waals surface area contributed by atoms with Gasteiger partial charge in [-0.25, -0.2) is 0 Å². The summed E-state index contributed by atoms with van der Waals surface area (Å²) < 4.78 is 5.09. The smallest absolute Gasteiger partial charge is 0.255 e. The minimum atomic E-state index is -0.225. The number of hydrogen-bond acceptors (Lipinski definition) is 3. The Bertz CT molecular complexity index is 402. The van der Waals surface area contributed by atoms with Crippen molar-refractivity contribution in [1.82, 2.24) is 5.32 Å². The third kappa shape index (κ3) is 2.76. The summed E-state index contributed by atoms with van der Waals surface area (Å²) in [6, 6.07) is 4.85. The highest BCUT2D eigenvalue weighted by Gasteiger charge is 2.13. The van der Waals surface area contributed by atoms with E-state index in [9.17, 15) is 4.79 Å². The molecule has 4 nitrogen and oxygen atoms in total. The van der Waals surface area contributed by atoms with E-state index in [1.807, 2.05) is 6.92 Å². The highest BCUT2D eigenvalue weighted by Crippen LogP contribution is 2.20. The molecule has 0 aliphatic carbocycles. The molecule has 0 aliphatic heterocycles. The Kier molecular flexibility index (Phi) is 3.94. The van der Waals surface area contributed by atoms with E-state index in [1.54, 1.807) is 24.3 Å². The largest absolute Gasteiger partial charge is 0.496 e. The molecule has 1 unspecified atom stereocenters. The Labute approximate surface area is 95.1 Å². The number of benzene rings is 1. The highest BCUT2D eigenvalue weighted by molar-refractivity contribution is 5.98. The summed E-state index contributed by atoms with van der Waals surface area (Å²) in [5.41, 5.74) is 6.58. The van der Waals surface area contributed by atoms with Crippen LogP contribution in [0.15, 0.2) is 30.9 Å². The molecule has 0 radical (unpaired) electrons. The van der Waals surface area contributed by atoms with Gasteiger partial charge in [-0.1, -0.05) is 6.08 Å². The number of carbonyl (C=O) groups excluding carboxylic acids is 1. The average Bonchev–Trinajstić information content (AvgIpc) is 2.28. The predicted octanol–water partition coefficient (Wildman–Crippen LogP) is 1.58. The van der Waals surface area contributed by atoms with E-state index in [1.165, 1.54) is 7.11 Å². The summed E-state index contributed by atoms with van der Waals surface area (Å²) in [6.45, 7) is 5.43. The van der Waals surface area contributed by atoms with E-state index in [0.717, 1.165) is 0 Å². The lowest BCUT2D eigenvalue weighted by Crippen LogP contribution is -2.31. The van der Waals surface area contributed by atoms with Crippen molar-refractivity contribution in [2.24, 2.45) is 0 Å². The SMILES string of the molecule is C=CC(C)NC(=O)c1cc(N)ccc1OC. The molecule has 86 valence electrons. The molecule has 1 aromatic carbocycles. The third-order valence-corrected chi connectivity index (χ3v) is 2.18. The van der Waals surface area contributed by atoms with Gasteiger partial charge in [0.15, 0.2) is 0 Å². The van der Waals surface area contributed by atoms with E-state index in [0.29, 0.717) is 17.0 Å². The van der Waals surface area contributed by atoms with Gasteiger partial charge < -0.3 is 15.8 Å². The van der Waals surface area contributed by atoms with Crippen LogP contribution in [0.3, 0.4) is 0 Å². The zero-order valence-corrected chi connectivity index (χ0v) is 9.49. The van der Waals surface area contributed by atoms with Gasteiger partial charge in [-0.15, -0.1) is 6.58 Å². The number of nitrogens with one attached hydrogen (secondary N) is 1. The number of nitrogen functional groups attached to an aromatic ring is 1. The number of amides is 1. The number of ether oxygens (including phenoxy) is 1. The van der Waals surface area contributed by atoms with E-state index in [-0.39, 0.29) is 11.9 Å². The minimum absolute atomic E-state index is 0.0985. The molecule has 0 aliphatic rings. The number of nitrogens with two attached hydrogens (primary N) is 1. The molecule has 1 aromatic rings. The van der Waals surface area contributed by atoms with Gasteiger partial charge in [0.05, 0.1) is 12.7 Å². The second-order valence-corrected chi connectivity index (χ2v) is 3.46. The molecule has 0 spiro atoms. The summed E-state index contributed by atoms with van der Waals surface area (Å²) in [5, 5.41) is 2.76. The first-order valence-corrected chi connectivity index (χ1v) is 4.95.